The molecule has 4 heteroatoms. The molecule has 72 valence electrons. The summed E-state index contributed by atoms with van der Waals surface area (Å²) in [4.78, 5) is 11.3. The molecule has 0 aliphatic heterocycles. The van der Waals surface area contributed by atoms with Crippen LogP contribution in [0.15, 0.2) is 34.4 Å². The highest BCUT2D eigenvalue weighted by atomic mass is 35.5. The first-order chi connectivity index (χ1) is 6.68. The van der Waals surface area contributed by atoms with Gasteiger partial charge in [-0.1, -0.05) is 29.2 Å². The van der Waals surface area contributed by atoms with Crippen LogP contribution in [0.1, 0.15) is 5.56 Å². The molecule has 0 N–H and O–H groups in total. The second kappa shape index (κ2) is 3.59. The standard InChI is InChI=1S/C10H8ClNOS/c1-7-2-3-8(6-9(7)11)12-10(13)4-5-14-12/h2-6H,1H3. The Morgan fingerprint density at radius 3 is 2.71 bits per heavy atom. The molecule has 1 aromatic heterocycles. The summed E-state index contributed by atoms with van der Waals surface area (Å²) in [5, 5.41) is 2.44. The van der Waals surface area contributed by atoms with Crippen LogP contribution in [-0.4, -0.2) is 3.96 Å². The summed E-state index contributed by atoms with van der Waals surface area (Å²) in [7, 11) is 0. The van der Waals surface area contributed by atoms with Crippen LogP contribution in [0.4, 0.5) is 0 Å². The van der Waals surface area contributed by atoms with Gasteiger partial charge in [0.2, 0.25) is 0 Å². The van der Waals surface area contributed by atoms with E-state index in [9.17, 15) is 4.79 Å². The maximum atomic E-state index is 11.3. The van der Waals surface area contributed by atoms with Crippen LogP contribution >= 0.6 is 23.1 Å². The van der Waals surface area contributed by atoms with Crippen molar-refractivity contribution in [2.75, 3.05) is 0 Å². The molecule has 2 nitrogen and oxygen atoms in total. The first-order valence-electron chi connectivity index (χ1n) is 4.12. The van der Waals surface area contributed by atoms with E-state index >= 15 is 0 Å². The van der Waals surface area contributed by atoms with E-state index in [0.29, 0.717) is 5.02 Å². The Morgan fingerprint density at radius 1 is 1.36 bits per heavy atom. The van der Waals surface area contributed by atoms with Crippen LogP contribution in [0.25, 0.3) is 5.69 Å². The Labute approximate surface area is 90.5 Å². The van der Waals surface area contributed by atoms with E-state index in [1.807, 2.05) is 19.1 Å². The summed E-state index contributed by atoms with van der Waals surface area (Å²) in [6.07, 6.45) is 0. The van der Waals surface area contributed by atoms with Crippen molar-refractivity contribution in [3.05, 3.63) is 50.6 Å². The Morgan fingerprint density at radius 2 is 2.14 bits per heavy atom. The van der Waals surface area contributed by atoms with Crippen molar-refractivity contribution in [1.29, 1.82) is 0 Å². The molecule has 0 amide bonds. The SMILES string of the molecule is Cc1ccc(-n2sccc2=O)cc1Cl. The van der Waals surface area contributed by atoms with Gasteiger partial charge in [0.15, 0.2) is 0 Å². The Balaban J connectivity index is 2.59. The summed E-state index contributed by atoms with van der Waals surface area (Å²) in [6, 6.07) is 7.14. The topological polar surface area (TPSA) is 22.0 Å². The van der Waals surface area contributed by atoms with E-state index in [-0.39, 0.29) is 5.56 Å². The molecular formula is C10H8ClNOS. The number of hydrogen-bond acceptors (Lipinski definition) is 2. The molecule has 0 aliphatic carbocycles. The van der Waals surface area contributed by atoms with Crippen molar-refractivity contribution in [3.63, 3.8) is 0 Å². The normalized spacial score (nSPS) is 10.4. The zero-order valence-corrected chi connectivity index (χ0v) is 9.10. The van der Waals surface area contributed by atoms with E-state index in [4.69, 9.17) is 11.6 Å². The quantitative estimate of drug-likeness (QED) is 0.732. The van der Waals surface area contributed by atoms with Gasteiger partial charge in [0.05, 0.1) is 5.69 Å². The van der Waals surface area contributed by atoms with Gasteiger partial charge in [-0.2, -0.15) is 0 Å². The number of halogens is 1. The molecule has 0 aliphatic rings. The Kier molecular flexibility index (Phi) is 2.44. The van der Waals surface area contributed by atoms with Crippen molar-refractivity contribution < 1.29 is 0 Å². The lowest BCUT2D eigenvalue weighted by atomic mass is 10.2. The molecule has 1 aromatic carbocycles. The number of aryl methyl sites for hydroxylation is 1. The number of hydrogen-bond donors (Lipinski definition) is 0. The third kappa shape index (κ3) is 1.61. The van der Waals surface area contributed by atoms with E-state index in [1.165, 1.54) is 11.5 Å². The fraction of sp³-hybridized carbons (Fsp3) is 0.100. The van der Waals surface area contributed by atoms with Gasteiger partial charge in [-0.25, -0.2) is 3.96 Å². The predicted octanol–water partition coefficient (Wildman–Crippen LogP) is 2.86. The monoisotopic (exact) mass is 225 g/mol. The van der Waals surface area contributed by atoms with Gasteiger partial charge in [0.1, 0.15) is 0 Å². The van der Waals surface area contributed by atoms with Gasteiger partial charge < -0.3 is 0 Å². The molecule has 2 rings (SSSR count). The van der Waals surface area contributed by atoms with Crippen LogP contribution in [0.2, 0.25) is 5.02 Å². The third-order valence-electron chi connectivity index (χ3n) is 1.97. The molecular weight excluding hydrogens is 218 g/mol. The summed E-state index contributed by atoms with van der Waals surface area (Å²) >= 11 is 7.34. The summed E-state index contributed by atoms with van der Waals surface area (Å²) < 4.78 is 1.60. The number of aromatic nitrogens is 1. The number of benzene rings is 1. The molecule has 0 radical (unpaired) electrons. The summed E-state index contributed by atoms with van der Waals surface area (Å²) in [6.45, 7) is 1.93. The molecule has 0 spiro atoms. The molecule has 0 saturated heterocycles. The van der Waals surface area contributed by atoms with Gasteiger partial charge in [0.25, 0.3) is 5.56 Å². The van der Waals surface area contributed by atoms with Gasteiger partial charge >= 0.3 is 0 Å². The van der Waals surface area contributed by atoms with Crippen molar-refractivity contribution in [1.82, 2.24) is 3.96 Å². The van der Waals surface area contributed by atoms with E-state index in [1.54, 1.807) is 21.5 Å². The molecule has 0 bridgehead atoms. The van der Waals surface area contributed by atoms with Crippen LogP contribution in [0, 0.1) is 6.92 Å². The molecule has 2 aromatic rings. The van der Waals surface area contributed by atoms with Crippen LogP contribution in [0.5, 0.6) is 0 Å². The van der Waals surface area contributed by atoms with Crippen molar-refractivity contribution >= 4 is 23.1 Å². The Bertz CT molecular complexity index is 515. The predicted molar refractivity (Wildman–Crippen MR) is 59.7 cm³/mol. The Hall–Kier alpha value is -1.06. The van der Waals surface area contributed by atoms with Gasteiger partial charge in [0, 0.05) is 16.5 Å². The molecule has 0 fully saturated rings. The minimum absolute atomic E-state index is 0.0186. The zero-order chi connectivity index (χ0) is 10.1. The molecule has 0 saturated carbocycles. The lowest BCUT2D eigenvalue weighted by Crippen LogP contribution is -2.09. The zero-order valence-electron chi connectivity index (χ0n) is 7.53. The van der Waals surface area contributed by atoms with Gasteiger partial charge in [-0.15, -0.1) is 0 Å². The van der Waals surface area contributed by atoms with Crippen molar-refractivity contribution in [2.24, 2.45) is 0 Å². The largest absolute Gasteiger partial charge is 0.268 e. The highest BCUT2D eigenvalue weighted by Crippen LogP contribution is 2.19. The number of rotatable bonds is 1. The first kappa shape index (κ1) is 9.49. The van der Waals surface area contributed by atoms with E-state index < -0.39 is 0 Å². The minimum atomic E-state index is -0.0186. The second-order valence-electron chi connectivity index (χ2n) is 2.97. The smallest absolute Gasteiger partial charge is 0.265 e. The summed E-state index contributed by atoms with van der Waals surface area (Å²) in [5.41, 5.74) is 1.82. The minimum Gasteiger partial charge on any atom is -0.268 e. The average molecular weight is 226 g/mol. The second-order valence-corrected chi connectivity index (χ2v) is 4.23. The highest BCUT2D eigenvalue weighted by Gasteiger charge is 2.02. The molecule has 0 atom stereocenters. The maximum absolute atomic E-state index is 11.3. The van der Waals surface area contributed by atoms with Gasteiger partial charge in [-0.05, 0) is 24.6 Å². The number of nitrogens with zero attached hydrogens (tertiary/aromatic N) is 1. The molecule has 0 unspecified atom stereocenters. The van der Waals surface area contributed by atoms with Crippen molar-refractivity contribution in [3.8, 4) is 5.69 Å². The fourth-order valence-electron chi connectivity index (χ4n) is 1.17. The average Bonchev–Trinajstić information content (AvgIpc) is 2.57. The molecule has 1 heterocycles. The molecule has 14 heavy (non-hydrogen) atoms. The van der Waals surface area contributed by atoms with Gasteiger partial charge in [-0.3, -0.25) is 4.79 Å². The lowest BCUT2D eigenvalue weighted by molar-refractivity contribution is 1.13. The first-order valence-corrected chi connectivity index (χ1v) is 5.33. The van der Waals surface area contributed by atoms with Crippen LogP contribution < -0.4 is 5.56 Å². The third-order valence-corrected chi connectivity index (χ3v) is 3.23. The van der Waals surface area contributed by atoms with Crippen LogP contribution in [-0.2, 0) is 0 Å². The summed E-state index contributed by atoms with van der Waals surface area (Å²) in [5.74, 6) is 0. The van der Waals surface area contributed by atoms with E-state index in [2.05, 4.69) is 0 Å². The van der Waals surface area contributed by atoms with Crippen LogP contribution in [0.3, 0.4) is 0 Å². The van der Waals surface area contributed by atoms with E-state index in [0.717, 1.165) is 11.3 Å². The van der Waals surface area contributed by atoms with Crippen molar-refractivity contribution in [2.45, 2.75) is 6.92 Å². The lowest BCUT2D eigenvalue weighted by Gasteiger charge is -2.02. The highest BCUT2D eigenvalue weighted by molar-refractivity contribution is 7.04. The fourth-order valence-corrected chi connectivity index (χ4v) is 2.04. The maximum Gasteiger partial charge on any atom is 0.265 e.